The quantitative estimate of drug-likeness (QED) is 0.435. The maximum absolute atomic E-state index is 13.4. The molecular weight excluding hydrogens is 436 g/mol. The molecule has 4 aromatic rings. The van der Waals surface area contributed by atoms with E-state index in [2.05, 4.69) is 51.6 Å². The second kappa shape index (κ2) is 8.40. The molecule has 168 valence electrons. The Labute approximate surface area is 195 Å². The molecule has 0 spiro atoms. The maximum Gasteiger partial charge on any atom is 0.254 e. The zero-order valence-corrected chi connectivity index (χ0v) is 19.7. The highest BCUT2D eigenvalue weighted by molar-refractivity contribution is 7.15. The molecular formula is C24H24N6O2S. The normalized spacial score (nSPS) is 14.5. The lowest BCUT2D eigenvalue weighted by atomic mass is 9.89. The lowest BCUT2D eigenvalue weighted by Gasteiger charge is -2.16. The number of ether oxygens (including phenoxy) is 1. The highest BCUT2D eigenvalue weighted by Crippen LogP contribution is 2.40. The first-order valence-corrected chi connectivity index (χ1v) is 11.7. The monoisotopic (exact) mass is 460 g/mol. The number of pyridine rings is 1. The smallest absolute Gasteiger partial charge is 0.254 e. The summed E-state index contributed by atoms with van der Waals surface area (Å²) in [7, 11) is 0. The van der Waals surface area contributed by atoms with Crippen LogP contribution in [0.4, 0.5) is 5.13 Å². The molecule has 1 N–H and O–H groups in total. The molecule has 5 rings (SSSR count). The topological polar surface area (TPSA) is 94.8 Å². The third-order valence-electron chi connectivity index (χ3n) is 5.66. The van der Waals surface area contributed by atoms with E-state index in [1.54, 1.807) is 6.20 Å². The fourth-order valence-electron chi connectivity index (χ4n) is 4.18. The number of nitrogens with zero attached hydrogens (tertiary/aromatic N) is 5. The van der Waals surface area contributed by atoms with Crippen LogP contribution in [0.2, 0.25) is 0 Å². The third kappa shape index (κ3) is 3.78. The van der Waals surface area contributed by atoms with Gasteiger partial charge in [-0.25, -0.2) is 4.98 Å². The van der Waals surface area contributed by atoms with Crippen LogP contribution in [0.15, 0.2) is 42.2 Å². The number of amides is 1. The zero-order valence-electron chi connectivity index (χ0n) is 18.9. The zero-order chi connectivity index (χ0) is 23.1. The first kappa shape index (κ1) is 21.3. The van der Waals surface area contributed by atoms with Crippen molar-refractivity contribution in [3.63, 3.8) is 0 Å². The van der Waals surface area contributed by atoms with Crippen molar-refractivity contribution in [2.45, 2.75) is 46.8 Å². The number of hydrogen-bond donors (Lipinski definition) is 1. The highest BCUT2D eigenvalue weighted by Gasteiger charge is 2.27. The number of fused-ring (bicyclic) bond motifs is 3. The first-order valence-electron chi connectivity index (χ1n) is 10.9. The number of nitrogens with one attached hydrogen (secondary N) is 1. The SMILES string of the molecule is CCC(C(=O)Nc1nnc(C)s1)=C1c2cc3cnn(C(C)C)c3cc2COc2ncccc21. The molecule has 1 aliphatic rings. The minimum atomic E-state index is -0.204. The summed E-state index contributed by atoms with van der Waals surface area (Å²) in [6.07, 6.45) is 4.10. The molecule has 9 heteroatoms. The van der Waals surface area contributed by atoms with Crippen LogP contribution >= 0.6 is 11.3 Å². The van der Waals surface area contributed by atoms with Gasteiger partial charge in [0.2, 0.25) is 11.0 Å². The molecule has 0 unspecified atom stereocenters. The van der Waals surface area contributed by atoms with Crippen molar-refractivity contribution in [3.05, 3.63) is 63.9 Å². The minimum Gasteiger partial charge on any atom is -0.472 e. The number of hydrogen-bond acceptors (Lipinski definition) is 7. The molecule has 1 aromatic carbocycles. The first-order chi connectivity index (χ1) is 16.0. The average Bonchev–Trinajstić information content (AvgIpc) is 3.36. The van der Waals surface area contributed by atoms with Crippen molar-refractivity contribution in [1.29, 1.82) is 0 Å². The number of carbonyl (C=O) groups is 1. The molecule has 3 aromatic heterocycles. The average molecular weight is 461 g/mol. The van der Waals surface area contributed by atoms with Crippen LogP contribution in [-0.2, 0) is 11.4 Å². The summed E-state index contributed by atoms with van der Waals surface area (Å²) >= 11 is 1.35. The summed E-state index contributed by atoms with van der Waals surface area (Å²) in [5, 5.41) is 17.8. The minimum absolute atomic E-state index is 0.204. The van der Waals surface area contributed by atoms with E-state index in [0.29, 0.717) is 29.6 Å². The predicted molar refractivity (Wildman–Crippen MR) is 128 cm³/mol. The van der Waals surface area contributed by atoms with E-state index in [1.165, 1.54) is 11.3 Å². The van der Waals surface area contributed by atoms with Crippen LogP contribution in [0, 0.1) is 6.92 Å². The molecule has 0 saturated heterocycles. The van der Waals surface area contributed by atoms with Gasteiger partial charge in [0, 0.05) is 34.3 Å². The fourth-order valence-corrected chi connectivity index (χ4v) is 4.77. The van der Waals surface area contributed by atoms with Gasteiger partial charge in [-0.15, -0.1) is 10.2 Å². The number of aryl methyl sites for hydroxylation is 1. The summed E-state index contributed by atoms with van der Waals surface area (Å²) in [6.45, 7) is 8.40. The van der Waals surface area contributed by atoms with E-state index in [0.717, 1.165) is 38.2 Å². The largest absolute Gasteiger partial charge is 0.472 e. The van der Waals surface area contributed by atoms with Crippen molar-refractivity contribution < 1.29 is 9.53 Å². The van der Waals surface area contributed by atoms with Gasteiger partial charge in [-0.05, 0) is 62.6 Å². The number of anilines is 1. The van der Waals surface area contributed by atoms with Crippen LogP contribution in [0.3, 0.4) is 0 Å². The molecule has 4 heterocycles. The summed E-state index contributed by atoms with van der Waals surface area (Å²) in [4.78, 5) is 17.9. The molecule has 0 saturated carbocycles. The Morgan fingerprint density at radius 1 is 1.27 bits per heavy atom. The Morgan fingerprint density at radius 3 is 2.85 bits per heavy atom. The standard InChI is InChI=1S/C24H24N6O2S/c1-5-17(22(31)27-24-29-28-14(4)33-24)21-18-7-6-8-25-23(18)32-12-16-10-20-15(9-19(16)21)11-26-30(20)13(2)3/h6-11,13H,5,12H2,1-4H3,(H,27,29,31). The van der Waals surface area contributed by atoms with Crippen LogP contribution in [0.25, 0.3) is 16.5 Å². The van der Waals surface area contributed by atoms with Gasteiger partial charge in [-0.1, -0.05) is 18.3 Å². The molecule has 0 bridgehead atoms. The van der Waals surface area contributed by atoms with Gasteiger partial charge in [0.05, 0.1) is 11.7 Å². The molecule has 0 radical (unpaired) electrons. The summed E-state index contributed by atoms with van der Waals surface area (Å²) in [6, 6.07) is 8.26. The van der Waals surface area contributed by atoms with Crippen molar-refractivity contribution in [2.75, 3.05) is 5.32 Å². The van der Waals surface area contributed by atoms with Crippen LogP contribution in [-0.4, -0.2) is 30.9 Å². The third-order valence-corrected chi connectivity index (χ3v) is 6.41. The molecule has 1 amide bonds. The lowest BCUT2D eigenvalue weighted by molar-refractivity contribution is -0.112. The van der Waals surface area contributed by atoms with Crippen molar-refractivity contribution in [1.82, 2.24) is 25.0 Å². The second-order valence-electron chi connectivity index (χ2n) is 8.18. The molecule has 8 nitrogen and oxygen atoms in total. The molecule has 1 aliphatic heterocycles. The van der Waals surface area contributed by atoms with Gasteiger partial charge in [0.25, 0.3) is 5.91 Å². The Bertz CT molecular complexity index is 1400. The van der Waals surface area contributed by atoms with Crippen LogP contribution < -0.4 is 10.1 Å². The van der Waals surface area contributed by atoms with Crippen LogP contribution in [0.5, 0.6) is 5.88 Å². The van der Waals surface area contributed by atoms with Gasteiger partial charge in [0.15, 0.2) is 0 Å². The van der Waals surface area contributed by atoms with E-state index in [1.807, 2.05) is 36.9 Å². The van der Waals surface area contributed by atoms with Gasteiger partial charge in [0.1, 0.15) is 11.6 Å². The summed E-state index contributed by atoms with van der Waals surface area (Å²) in [5.74, 6) is 0.313. The summed E-state index contributed by atoms with van der Waals surface area (Å²) in [5.41, 5.74) is 5.25. The highest BCUT2D eigenvalue weighted by atomic mass is 32.1. The Hall–Kier alpha value is -3.59. The van der Waals surface area contributed by atoms with E-state index >= 15 is 0 Å². The number of carbonyl (C=O) groups excluding carboxylic acids is 1. The fraction of sp³-hybridized carbons (Fsp3) is 0.292. The second-order valence-corrected chi connectivity index (χ2v) is 9.36. The number of aromatic nitrogens is 5. The molecule has 33 heavy (non-hydrogen) atoms. The Kier molecular flexibility index (Phi) is 5.41. The summed E-state index contributed by atoms with van der Waals surface area (Å²) < 4.78 is 8.10. The molecule has 0 fully saturated rings. The Balaban J connectivity index is 1.74. The number of benzene rings is 1. The van der Waals surface area contributed by atoms with E-state index in [9.17, 15) is 4.79 Å². The van der Waals surface area contributed by atoms with E-state index in [-0.39, 0.29) is 11.9 Å². The van der Waals surface area contributed by atoms with Crippen molar-refractivity contribution >= 4 is 38.9 Å². The molecule has 0 atom stereocenters. The van der Waals surface area contributed by atoms with Gasteiger partial charge in [-0.3, -0.25) is 14.8 Å². The maximum atomic E-state index is 13.4. The lowest BCUT2D eigenvalue weighted by Crippen LogP contribution is -2.16. The molecule has 0 aliphatic carbocycles. The van der Waals surface area contributed by atoms with E-state index < -0.39 is 0 Å². The van der Waals surface area contributed by atoms with Crippen molar-refractivity contribution in [2.24, 2.45) is 0 Å². The Morgan fingerprint density at radius 2 is 2.12 bits per heavy atom. The van der Waals surface area contributed by atoms with Gasteiger partial charge in [-0.2, -0.15) is 5.10 Å². The number of rotatable bonds is 4. The van der Waals surface area contributed by atoms with E-state index in [4.69, 9.17) is 4.74 Å². The van der Waals surface area contributed by atoms with Gasteiger partial charge >= 0.3 is 0 Å². The van der Waals surface area contributed by atoms with Crippen LogP contribution in [0.1, 0.15) is 54.9 Å². The van der Waals surface area contributed by atoms with Gasteiger partial charge < -0.3 is 4.74 Å². The van der Waals surface area contributed by atoms with Crippen molar-refractivity contribution in [3.8, 4) is 5.88 Å². The predicted octanol–water partition coefficient (Wildman–Crippen LogP) is 4.92.